The lowest BCUT2D eigenvalue weighted by Gasteiger charge is -2.11. The van der Waals surface area contributed by atoms with E-state index in [1.165, 1.54) is 5.56 Å². The van der Waals surface area contributed by atoms with E-state index in [2.05, 4.69) is 46.3 Å². The maximum Gasteiger partial charge on any atom is 0.227 e. The molecule has 0 spiro atoms. The zero-order chi connectivity index (χ0) is 22.9. The number of aromatic nitrogens is 2. The molecule has 0 atom stereocenters. The number of amides is 1. The van der Waals surface area contributed by atoms with Crippen molar-refractivity contribution in [3.63, 3.8) is 0 Å². The first-order valence-corrected chi connectivity index (χ1v) is 11.0. The van der Waals surface area contributed by atoms with Gasteiger partial charge in [-0.25, -0.2) is 0 Å². The Hall–Kier alpha value is -3.19. The normalized spacial score (nSPS) is 11.2. The van der Waals surface area contributed by atoms with Gasteiger partial charge in [-0.2, -0.15) is 4.98 Å². The fourth-order valence-electron chi connectivity index (χ4n) is 3.14. The molecule has 7 heteroatoms. The number of anilines is 1. The van der Waals surface area contributed by atoms with Crippen LogP contribution in [0.5, 0.6) is 5.75 Å². The van der Waals surface area contributed by atoms with Gasteiger partial charge in [-0.3, -0.25) is 4.79 Å². The van der Waals surface area contributed by atoms with Crippen LogP contribution in [0.2, 0.25) is 0 Å². The van der Waals surface area contributed by atoms with Crippen molar-refractivity contribution < 1.29 is 14.1 Å². The molecule has 0 radical (unpaired) electrons. The highest BCUT2D eigenvalue weighted by Gasteiger charge is 2.11. The summed E-state index contributed by atoms with van der Waals surface area (Å²) in [6.45, 7) is 5.96. The maximum absolute atomic E-state index is 12.3. The number of carbonyl (C=O) groups is 1. The summed E-state index contributed by atoms with van der Waals surface area (Å²) in [7, 11) is 4.08. The van der Waals surface area contributed by atoms with Crippen molar-refractivity contribution in [3.05, 3.63) is 60.0 Å². The van der Waals surface area contributed by atoms with E-state index in [1.54, 1.807) is 0 Å². The van der Waals surface area contributed by atoms with E-state index in [0.29, 0.717) is 30.7 Å². The molecule has 1 heterocycles. The third-order valence-corrected chi connectivity index (χ3v) is 5.03. The van der Waals surface area contributed by atoms with Gasteiger partial charge >= 0.3 is 0 Å². The van der Waals surface area contributed by atoms with Crippen LogP contribution in [-0.2, 0) is 11.2 Å². The lowest BCUT2D eigenvalue weighted by atomic mass is 10.0. The Morgan fingerprint density at radius 1 is 1.09 bits per heavy atom. The van der Waals surface area contributed by atoms with Gasteiger partial charge in [0.1, 0.15) is 5.75 Å². The van der Waals surface area contributed by atoms with Gasteiger partial charge in [0, 0.05) is 30.6 Å². The maximum atomic E-state index is 12.3. The van der Waals surface area contributed by atoms with Gasteiger partial charge in [0.05, 0.1) is 6.61 Å². The van der Waals surface area contributed by atoms with Crippen LogP contribution in [-0.4, -0.2) is 48.2 Å². The van der Waals surface area contributed by atoms with E-state index in [-0.39, 0.29) is 12.3 Å². The highest BCUT2D eigenvalue weighted by atomic mass is 16.5. The van der Waals surface area contributed by atoms with Crippen LogP contribution in [0.1, 0.15) is 44.1 Å². The van der Waals surface area contributed by atoms with Crippen LogP contribution in [0.4, 0.5) is 5.69 Å². The second kappa shape index (κ2) is 11.4. The van der Waals surface area contributed by atoms with Gasteiger partial charge in [0.15, 0.2) is 0 Å². The summed E-state index contributed by atoms with van der Waals surface area (Å²) in [5.41, 5.74) is 2.89. The second-order valence-corrected chi connectivity index (χ2v) is 8.37. The Morgan fingerprint density at radius 2 is 1.81 bits per heavy atom. The predicted octanol–water partition coefficient (Wildman–Crippen LogP) is 4.76. The Bertz CT molecular complexity index is 979. The van der Waals surface area contributed by atoms with Crippen molar-refractivity contribution in [1.82, 2.24) is 15.0 Å². The number of benzene rings is 2. The standard InChI is InChI=1S/C25H32N4O3/c1-18(2)19-6-8-20(9-7-19)25-27-24(32-28-25)15-14-23(30)26-21-10-12-22(13-11-21)31-17-5-16-29(3)4/h6-13,18H,5,14-17H2,1-4H3,(H,26,30). The van der Waals surface area contributed by atoms with Gasteiger partial charge in [-0.1, -0.05) is 43.3 Å². The van der Waals surface area contributed by atoms with E-state index in [4.69, 9.17) is 9.26 Å². The number of carbonyl (C=O) groups excluding carboxylic acids is 1. The summed E-state index contributed by atoms with van der Waals surface area (Å²) >= 11 is 0. The number of aryl methyl sites for hydroxylation is 1. The third kappa shape index (κ3) is 7.20. The summed E-state index contributed by atoms with van der Waals surface area (Å²) in [5.74, 6) is 2.15. The number of hydrogen-bond donors (Lipinski definition) is 1. The third-order valence-electron chi connectivity index (χ3n) is 5.03. The molecule has 1 amide bonds. The van der Waals surface area contributed by atoms with Crippen molar-refractivity contribution in [1.29, 1.82) is 0 Å². The average Bonchev–Trinajstić information content (AvgIpc) is 3.25. The van der Waals surface area contributed by atoms with E-state index in [9.17, 15) is 4.79 Å². The number of hydrogen-bond acceptors (Lipinski definition) is 6. The number of nitrogens with zero attached hydrogens (tertiary/aromatic N) is 3. The molecule has 0 unspecified atom stereocenters. The zero-order valence-electron chi connectivity index (χ0n) is 19.3. The molecular weight excluding hydrogens is 404 g/mol. The monoisotopic (exact) mass is 436 g/mol. The number of ether oxygens (including phenoxy) is 1. The van der Waals surface area contributed by atoms with Gasteiger partial charge in [0.2, 0.25) is 17.6 Å². The van der Waals surface area contributed by atoms with Gasteiger partial charge in [0.25, 0.3) is 0 Å². The van der Waals surface area contributed by atoms with Crippen molar-refractivity contribution in [2.45, 2.75) is 39.0 Å². The molecule has 32 heavy (non-hydrogen) atoms. The Balaban J connectivity index is 1.44. The molecule has 0 saturated carbocycles. The zero-order valence-corrected chi connectivity index (χ0v) is 19.3. The van der Waals surface area contributed by atoms with E-state index in [0.717, 1.165) is 30.0 Å². The first-order valence-electron chi connectivity index (χ1n) is 11.0. The van der Waals surface area contributed by atoms with Crippen LogP contribution in [0.25, 0.3) is 11.4 Å². The molecule has 1 N–H and O–H groups in total. The summed E-state index contributed by atoms with van der Waals surface area (Å²) in [6, 6.07) is 15.5. The van der Waals surface area contributed by atoms with Crippen LogP contribution >= 0.6 is 0 Å². The Morgan fingerprint density at radius 3 is 2.47 bits per heavy atom. The first kappa shape index (κ1) is 23.5. The fourth-order valence-corrected chi connectivity index (χ4v) is 3.14. The van der Waals surface area contributed by atoms with Crippen LogP contribution in [0, 0.1) is 0 Å². The smallest absolute Gasteiger partial charge is 0.227 e. The topological polar surface area (TPSA) is 80.5 Å². The molecule has 7 nitrogen and oxygen atoms in total. The summed E-state index contributed by atoms with van der Waals surface area (Å²) in [4.78, 5) is 18.8. The van der Waals surface area contributed by atoms with Crippen molar-refractivity contribution >= 4 is 11.6 Å². The molecular formula is C25H32N4O3. The molecule has 0 saturated heterocycles. The van der Waals surface area contributed by atoms with E-state index < -0.39 is 0 Å². The molecule has 0 bridgehead atoms. The minimum absolute atomic E-state index is 0.106. The molecule has 2 aromatic carbocycles. The van der Waals surface area contributed by atoms with Gasteiger partial charge in [-0.15, -0.1) is 0 Å². The molecule has 170 valence electrons. The van der Waals surface area contributed by atoms with Crippen molar-refractivity contribution in [2.75, 3.05) is 32.6 Å². The lowest BCUT2D eigenvalue weighted by Crippen LogP contribution is -2.15. The number of rotatable bonds is 11. The highest BCUT2D eigenvalue weighted by molar-refractivity contribution is 5.90. The molecule has 0 aliphatic heterocycles. The molecule has 1 aromatic heterocycles. The molecule has 0 aliphatic carbocycles. The molecule has 0 fully saturated rings. The summed E-state index contributed by atoms with van der Waals surface area (Å²) < 4.78 is 11.0. The Kier molecular flexibility index (Phi) is 8.39. The summed E-state index contributed by atoms with van der Waals surface area (Å²) in [6.07, 6.45) is 1.61. The molecule has 3 rings (SSSR count). The predicted molar refractivity (Wildman–Crippen MR) is 126 cm³/mol. The number of nitrogens with one attached hydrogen (secondary N) is 1. The molecule has 3 aromatic rings. The van der Waals surface area contributed by atoms with Crippen molar-refractivity contribution in [2.24, 2.45) is 0 Å². The van der Waals surface area contributed by atoms with E-state index in [1.807, 2.05) is 50.5 Å². The van der Waals surface area contributed by atoms with Gasteiger partial charge < -0.3 is 19.5 Å². The first-order chi connectivity index (χ1) is 15.4. The van der Waals surface area contributed by atoms with Crippen molar-refractivity contribution in [3.8, 4) is 17.1 Å². The molecule has 0 aliphatic rings. The highest BCUT2D eigenvalue weighted by Crippen LogP contribution is 2.21. The van der Waals surface area contributed by atoms with Crippen LogP contribution in [0.15, 0.2) is 53.1 Å². The van der Waals surface area contributed by atoms with Crippen LogP contribution in [0.3, 0.4) is 0 Å². The van der Waals surface area contributed by atoms with Gasteiger partial charge in [-0.05, 0) is 56.3 Å². The van der Waals surface area contributed by atoms with Crippen LogP contribution < -0.4 is 10.1 Å². The minimum Gasteiger partial charge on any atom is -0.494 e. The summed E-state index contributed by atoms with van der Waals surface area (Å²) in [5, 5.41) is 6.92. The lowest BCUT2D eigenvalue weighted by molar-refractivity contribution is -0.116. The second-order valence-electron chi connectivity index (χ2n) is 8.37. The quantitative estimate of drug-likeness (QED) is 0.437. The fraction of sp³-hybridized carbons (Fsp3) is 0.400. The largest absolute Gasteiger partial charge is 0.494 e. The SMILES string of the molecule is CC(C)c1ccc(-c2noc(CCC(=O)Nc3ccc(OCCCN(C)C)cc3)n2)cc1. The van der Waals surface area contributed by atoms with E-state index >= 15 is 0 Å². The minimum atomic E-state index is -0.106. The average molecular weight is 437 g/mol. The Labute approximate surface area is 189 Å².